The molecule has 0 aliphatic rings. The van der Waals surface area contributed by atoms with Crippen LogP contribution in [-0.2, 0) is 14.4 Å². The van der Waals surface area contributed by atoms with Crippen molar-refractivity contribution in [3.05, 3.63) is 0 Å². The summed E-state index contributed by atoms with van der Waals surface area (Å²) in [5.41, 5.74) is 0. The van der Waals surface area contributed by atoms with E-state index >= 15 is 0 Å². The number of rotatable bonds is 8. The molecule has 0 aliphatic heterocycles. The van der Waals surface area contributed by atoms with Crippen molar-refractivity contribution >= 4 is 30.8 Å². The average molecular weight is 397 g/mol. The minimum atomic E-state index is 0. The highest BCUT2D eigenvalue weighted by molar-refractivity contribution is 5.85. The summed E-state index contributed by atoms with van der Waals surface area (Å²) >= 11 is 0. The van der Waals surface area contributed by atoms with E-state index < -0.39 is 0 Å². The zero-order valence-electron chi connectivity index (χ0n) is 18.8. The lowest BCUT2D eigenvalue weighted by Crippen LogP contribution is -2.27. The predicted octanol–water partition coefficient (Wildman–Crippen LogP) is 3.88. The van der Waals surface area contributed by atoms with Gasteiger partial charge in [0.05, 0.1) is 0 Å². The molecule has 0 saturated carbocycles. The molecule has 0 aliphatic carbocycles. The van der Waals surface area contributed by atoms with Crippen LogP contribution < -0.4 is 5.32 Å². The number of halogens is 1. The van der Waals surface area contributed by atoms with Gasteiger partial charge < -0.3 is 19.8 Å². The molecule has 0 aromatic heterocycles. The first-order valence-corrected chi connectivity index (χ1v) is 8.99. The summed E-state index contributed by atoms with van der Waals surface area (Å²) in [5, 5.41) is 2.75. The lowest BCUT2D eigenvalue weighted by Gasteiger charge is -2.19. The molecule has 0 amide bonds. The van der Waals surface area contributed by atoms with E-state index in [0.29, 0.717) is 23.4 Å². The molecule has 0 rings (SSSR count). The second-order valence-electron chi connectivity index (χ2n) is 7.33. The summed E-state index contributed by atoms with van der Waals surface area (Å²) in [6, 6.07) is 0. The maximum Gasteiger partial charge on any atom is 0.134 e. The third kappa shape index (κ3) is 43.6. The van der Waals surface area contributed by atoms with Crippen LogP contribution >= 0.6 is 12.4 Å². The van der Waals surface area contributed by atoms with Crippen molar-refractivity contribution in [1.82, 2.24) is 10.2 Å². The van der Waals surface area contributed by atoms with Crippen LogP contribution in [0.3, 0.4) is 0 Å². The van der Waals surface area contributed by atoms with Gasteiger partial charge in [-0.15, -0.1) is 12.4 Å². The van der Waals surface area contributed by atoms with Crippen LogP contribution in [-0.4, -0.2) is 58.0 Å². The monoisotopic (exact) mass is 396 g/mol. The Balaban J connectivity index is -0.0000000912. The molecule has 0 fully saturated rings. The van der Waals surface area contributed by atoms with Crippen LogP contribution in [0, 0.1) is 17.8 Å². The van der Waals surface area contributed by atoms with Crippen molar-refractivity contribution in [1.29, 1.82) is 0 Å². The fraction of sp³-hybridized carbons (Fsp3) is 0.850. The third-order valence-corrected chi connectivity index (χ3v) is 2.99. The number of carbonyl (C=O) groups excluding carboxylic acids is 3. The summed E-state index contributed by atoms with van der Waals surface area (Å²) in [7, 11) is 7.77. The topological polar surface area (TPSA) is 66.5 Å². The standard InChI is InChI=1S/C10H21NO.C7H14O.C2H7N.CH2O.ClH/c1-8(2)6-10(9(3)12)7-11(4)5;1-6(2)4-5-7(3)8;1-3-2;1-2;/h8,10H,6-7H2,1-5H3;6H,4-5H2,1-3H3;3H,1-2H3;1H2;1H. The summed E-state index contributed by atoms with van der Waals surface area (Å²) in [6.45, 7) is 14.8. The van der Waals surface area contributed by atoms with Gasteiger partial charge in [-0.05, 0) is 66.7 Å². The predicted molar refractivity (Wildman–Crippen MR) is 116 cm³/mol. The third-order valence-electron chi connectivity index (χ3n) is 2.99. The molecule has 0 saturated heterocycles. The number of hydrogen-bond acceptors (Lipinski definition) is 5. The molecule has 0 aromatic rings. The van der Waals surface area contributed by atoms with E-state index in [1.165, 1.54) is 0 Å². The van der Waals surface area contributed by atoms with E-state index in [2.05, 4.69) is 37.9 Å². The van der Waals surface area contributed by atoms with Gasteiger partial charge in [-0.2, -0.15) is 0 Å². The molecule has 1 N–H and O–H groups in total. The van der Waals surface area contributed by atoms with Crippen molar-refractivity contribution in [3.63, 3.8) is 0 Å². The molecule has 0 radical (unpaired) electrons. The molecule has 26 heavy (non-hydrogen) atoms. The summed E-state index contributed by atoms with van der Waals surface area (Å²) in [5.74, 6) is 2.12. The Labute approximate surface area is 169 Å². The largest absolute Gasteiger partial charge is 0.323 e. The summed E-state index contributed by atoms with van der Waals surface area (Å²) in [4.78, 5) is 31.6. The van der Waals surface area contributed by atoms with Crippen LogP contribution in [0.15, 0.2) is 0 Å². The maximum absolute atomic E-state index is 11.2. The second kappa shape index (κ2) is 26.4. The van der Waals surface area contributed by atoms with E-state index in [-0.39, 0.29) is 18.3 Å². The minimum Gasteiger partial charge on any atom is -0.323 e. The van der Waals surface area contributed by atoms with Gasteiger partial charge in [0, 0.05) is 18.9 Å². The van der Waals surface area contributed by atoms with E-state index in [4.69, 9.17) is 4.79 Å². The van der Waals surface area contributed by atoms with Crippen molar-refractivity contribution < 1.29 is 14.4 Å². The van der Waals surface area contributed by atoms with Gasteiger partial charge >= 0.3 is 0 Å². The van der Waals surface area contributed by atoms with Crippen LogP contribution in [0.25, 0.3) is 0 Å². The fourth-order valence-electron chi connectivity index (χ4n) is 1.87. The van der Waals surface area contributed by atoms with Crippen LogP contribution in [0.1, 0.15) is 60.8 Å². The second-order valence-corrected chi connectivity index (χ2v) is 7.33. The molecule has 6 heteroatoms. The Morgan fingerprint density at radius 1 is 0.962 bits per heavy atom. The molecular formula is C20H45ClN2O3. The van der Waals surface area contributed by atoms with Gasteiger partial charge in [0.25, 0.3) is 0 Å². The molecule has 160 valence electrons. The normalized spacial score (nSPS) is 10.3. The highest BCUT2D eigenvalue weighted by Gasteiger charge is 2.16. The van der Waals surface area contributed by atoms with Crippen LogP contribution in [0.5, 0.6) is 0 Å². The Kier molecular flexibility index (Phi) is 36.8. The van der Waals surface area contributed by atoms with Crippen molar-refractivity contribution in [2.45, 2.75) is 60.8 Å². The number of Topliss-reactive ketones (excluding diaryl/α,β-unsaturated/α-hetero) is 2. The molecule has 1 unspecified atom stereocenters. The van der Waals surface area contributed by atoms with E-state index in [9.17, 15) is 9.59 Å². The molecule has 1 atom stereocenters. The quantitative estimate of drug-likeness (QED) is 0.674. The summed E-state index contributed by atoms with van der Waals surface area (Å²) < 4.78 is 0. The maximum atomic E-state index is 11.2. The van der Waals surface area contributed by atoms with Gasteiger partial charge in [-0.3, -0.25) is 4.79 Å². The first kappa shape index (κ1) is 36.2. The number of carbonyl (C=O) groups is 3. The number of nitrogens with one attached hydrogen (secondary N) is 1. The number of hydrogen-bond donors (Lipinski definition) is 1. The molecule has 0 aromatic carbocycles. The van der Waals surface area contributed by atoms with E-state index in [0.717, 1.165) is 25.8 Å². The Hall–Kier alpha value is -0.780. The van der Waals surface area contributed by atoms with Gasteiger partial charge in [0.2, 0.25) is 0 Å². The Morgan fingerprint density at radius 2 is 1.35 bits per heavy atom. The highest BCUT2D eigenvalue weighted by atomic mass is 35.5. The molecule has 0 heterocycles. The average Bonchev–Trinajstić information content (AvgIpc) is 2.47. The lowest BCUT2D eigenvalue weighted by atomic mass is 9.93. The van der Waals surface area contributed by atoms with Crippen LogP contribution in [0.2, 0.25) is 0 Å². The zero-order valence-corrected chi connectivity index (χ0v) is 19.7. The highest BCUT2D eigenvalue weighted by Crippen LogP contribution is 2.13. The van der Waals surface area contributed by atoms with E-state index in [1.54, 1.807) is 13.8 Å². The van der Waals surface area contributed by atoms with Gasteiger partial charge in [0.15, 0.2) is 0 Å². The SMILES string of the molecule is C=O.CC(=O)C(CC(C)C)CN(C)C.CC(=O)CCC(C)C.CNC.Cl. The Morgan fingerprint density at radius 3 is 1.50 bits per heavy atom. The first-order valence-electron chi connectivity index (χ1n) is 8.99. The first-order chi connectivity index (χ1) is 11.5. The Bertz CT molecular complexity index is 299. The van der Waals surface area contributed by atoms with Gasteiger partial charge in [-0.25, -0.2) is 0 Å². The number of ketones is 2. The van der Waals surface area contributed by atoms with Gasteiger partial charge in [-0.1, -0.05) is 27.7 Å². The summed E-state index contributed by atoms with van der Waals surface area (Å²) in [6.07, 6.45) is 2.79. The van der Waals surface area contributed by atoms with Crippen LogP contribution in [0.4, 0.5) is 0 Å². The zero-order chi connectivity index (χ0) is 21.0. The lowest BCUT2D eigenvalue weighted by molar-refractivity contribution is -0.121. The smallest absolute Gasteiger partial charge is 0.134 e. The molecule has 0 spiro atoms. The molecule has 5 nitrogen and oxygen atoms in total. The number of nitrogens with zero attached hydrogens (tertiary/aromatic N) is 1. The van der Waals surface area contributed by atoms with Gasteiger partial charge in [0.1, 0.15) is 18.4 Å². The minimum absolute atomic E-state index is 0. The van der Waals surface area contributed by atoms with Crippen molar-refractivity contribution in [3.8, 4) is 0 Å². The van der Waals surface area contributed by atoms with Crippen molar-refractivity contribution in [2.24, 2.45) is 17.8 Å². The van der Waals surface area contributed by atoms with E-state index in [1.807, 2.05) is 35.0 Å². The molecular weight excluding hydrogens is 352 g/mol. The van der Waals surface area contributed by atoms with Crippen molar-refractivity contribution in [2.75, 3.05) is 34.7 Å². The molecule has 0 bridgehead atoms. The fourth-order valence-corrected chi connectivity index (χ4v) is 1.87.